The van der Waals surface area contributed by atoms with E-state index in [1.54, 1.807) is 0 Å². The molecule has 0 spiro atoms. The van der Waals surface area contributed by atoms with Gasteiger partial charge in [0.05, 0.1) is 60.9 Å². The molecule has 0 saturated carbocycles. The number of para-hydroxylation sites is 9. The topological polar surface area (TPSA) is 123 Å². The van der Waals surface area contributed by atoms with E-state index < -0.39 is 0 Å². The molecule has 18 aromatic carbocycles. The van der Waals surface area contributed by atoms with Crippen molar-refractivity contribution in [3.8, 4) is 113 Å². The Labute approximate surface area is 721 Å². The van der Waals surface area contributed by atoms with Gasteiger partial charge in [-0.05, 0) is 156 Å². The first kappa shape index (κ1) is 71.7. The summed E-state index contributed by atoms with van der Waals surface area (Å²) in [6.07, 6.45) is 0. The Bertz CT molecular complexity index is 8710. The van der Waals surface area contributed by atoms with Crippen molar-refractivity contribution in [3.05, 3.63) is 425 Å². The van der Waals surface area contributed by atoms with Crippen molar-refractivity contribution in [1.82, 2.24) is 48.2 Å². The third kappa shape index (κ3) is 11.8. The summed E-state index contributed by atoms with van der Waals surface area (Å²) in [5, 5.41) is 13.8. The van der Waals surface area contributed by atoms with Crippen LogP contribution in [0.5, 0.6) is 0 Å². The second-order valence-electron chi connectivity index (χ2n) is 32.0. The number of rotatable bonds is 12. The van der Waals surface area contributed by atoms with Gasteiger partial charge in [0.1, 0.15) is 22.3 Å². The van der Waals surface area contributed by atoms with E-state index in [2.05, 4.69) is 309 Å². The molecular weight excluding hydrogens is 1540 g/mol. The molecule has 0 unspecified atom stereocenters. The molecule has 0 fully saturated rings. The Hall–Kier alpha value is -17.2. The lowest BCUT2D eigenvalue weighted by Crippen LogP contribution is -2.00. The van der Waals surface area contributed by atoms with Crippen LogP contribution in [0, 0.1) is 0 Å². The van der Waals surface area contributed by atoms with E-state index in [0.29, 0.717) is 34.9 Å². The van der Waals surface area contributed by atoms with Gasteiger partial charge in [0.25, 0.3) is 0 Å². The molecule has 0 saturated heterocycles. The van der Waals surface area contributed by atoms with E-state index in [-0.39, 0.29) is 0 Å². The van der Waals surface area contributed by atoms with Gasteiger partial charge in [-0.2, -0.15) is 0 Å². The Morgan fingerprint density at radius 3 is 0.897 bits per heavy atom. The molecule has 0 aliphatic heterocycles. The average Bonchev–Trinajstić information content (AvgIpc) is 1.55. The van der Waals surface area contributed by atoms with Crippen molar-refractivity contribution in [2.75, 3.05) is 0 Å². The maximum absolute atomic E-state index is 6.69. The first-order valence-electron chi connectivity index (χ1n) is 42.4. The first-order valence-corrected chi connectivity index (χ1v) is 42.4. The van der Waals surface area contributed by atoms with E-state index in [4.69, 9.17) is 38.7 Å². The van der Waals surface area contributed by atoms with Crippen LogP contribution < -0.4 is 0 Å². The van der Waals surface area contributed by atoms with Gasteiger partial charge < -0.3 is 27.1 Å². The van der Waals surface area contributed by atoms with Gasteiger partial charge >= 0.3 is 0 Å². The second kappa shape index (κ2) is 29.3. The minimum Gasteiger partial charge on any atom is -0.455 e. The molecule has 26 rings (SSSR count). The molecule has 0 aliphatic carbocycles. The highest BCUT2D eigenvalue weighted by atomic mass is 16.3. The number of furan rings is 2. The quantitative estimate of drug-likeness (QED) is 0.118. The molecule has 0 bridgehead atoms. The van der Waals surface area contributed by atoms with Crippen LogP contribution in [0.25, 0.3) is 244 Å². The van der Waals surface area contributed by atoms with Crippen molar-refractivity contribution >= 4 is 131 Å². The van der Waals surface area contributed by atoms with Crippen LogP contribution in [-0.2, 0) is 0 Å². The fourth-order valence-corrected chi connectivity index (χ4v) is 19.0. The van der Waals surface area contributed by atoms with Gasteiger partial charge in [-0.15, -0.1) is 0 Å². The summed E-state index contributed by atoms with van der Waals surface area (Å²) >= 11 is 0. The Morgan fingerprint density at radius 1 is 0.167 bits per heavy atom. The first-order chi connectivity index (χ1) is 62.5. The van der Waals surface area contributed by atoms with Crippen LogP contribution in [0.2, 0.25) is 0 Å². The maximum atomic E-state index is 6.69. The number of benzene rings is 18. The average molecular weight is 1610 g/mol. The lowest BCUT2D eigenvalue weighted by atomic mass is 10.00. The molecule has 12 heteroatoms. The summed E-state index contributed by atoms with van der Waals surface area (Å²) in [6, 6.07) is 149. The maximum Gasteiger partial charge on any atom is 0.167 e. The van der Waals surface area contributed by atoms with Crippen molar-refractivity contribution in [1.29, 1.82) is 0 Å². The predicted molar refractivity (Wildman–Crippen MR) is 515 cm³/mol. The van der Waals surface area contributed by atoms with E-state index in [9.17, 15) is 0 Å². The minimum atomic E-state index is 0.564. The normalized spacial score (nSPS) is 11.8. The van der Waals surface area contributed by atoms with Crippen molar-refractivity contribution in [3.63, 3.8) is 0 Å². The van der Waals surface area contributed by atoms with Gasteiger partial charge in [0.15, 0.2) is 34.9 Å². The lowest BCUT2D eigenvalue weighted by Gasteiger charge is -2.14. The highest BCUT2D eigenvalue weighted by Gasteiger charge is 2.26. The number of nitrogens with zero attached hydrogens (tertiary/aromatic N) is 10. The fourth-order valence-electron chi connectivity index (χ4n) is 19.0. The number of hydrogen-bond acceptors (Lipinski definition) is 8. The van der Waals surface area contributed by atoms with Gasteiger partial charge in [0, 0.05) is 104 Å². The van der Waals surface area contributed by atoms with Gasteiger partial charge in [-0.1, -0.05) is 291 Å². The highest BCUT2D eigenvalue weighted by Crippen LogP contribution is 2.46. The SMILES string of the molecule is c1ccc(-c2nc(-c3ccccc3)nc(-c3cccc4c3oc3ccc(-c5ccc6c(c5)c5ccccc5n6-c5ccc6c(c5)c5ccccc5n6-c5ccccc5)cc34)n2)cc1.c1ccc(-c2nc(-c3ccccc3)nc(-c3cccc4c3oc3ccc(-c5ccc6c(c5)c5ccccc5n6-c5cccc6c7ccccc7n(-c7ccccc7)c56)cc34)n2)cc1. The molecule has 8 aromatic heterocycles. The number of fused-ring (bicyclic) bond motifs is 18. The van der Waals surface area contributed by atoms with Crippen LogP contribution in [0.3, 0.4) is 0 Å². The van der Waals surface area contributed by atoms with Gasteiger partial charge in [0.2, 0.25) is 0 Å². The third-order valence-electron chi connectivity index (χ3n) is 24.7. The van der Waals surface area contributed by atoms with E-state index in [0.717, 1.165) is 139 Å². The molecule has 0 amide bonds. The van der Waals surface area contributed by atoms with Gasteiger partial charge in [-0.3, -0.25) is 0 Å². The monoisotopic (exact) mass is 1610 g/mol. The third-order valence-corrected chi connectivity index (χ3v) is 24.7. The second-order valence-corrected chi connectivity index (χ2v) is 32.0. The summed E-state index contributed by atoms with van der Waals surface area (Å²) in [5.74, 6) is 3.58. The van der Waals surface area contributed by atoms with Crippen LogP contribution >= 0.6 is 0 Å². The molecule has 12 nitrogen and oxygen atoms in total. The standard InChI is InChI=1S/2C57H35N5O/c1-4-15-36(16-5-1)55-58-56(37-17-6-2-7-18-37)60-57(59-55)45-24-14-23-44-48-34-39(28-32-53(48)63-54(44)45)38-27-30-51-46(33-38)42-21-10-13-26-50(42)62(51)41-29-31-52-47(35-41)43-22-11-12-25-49(43)61(52)40-19-8-3-9-20-40;1-4-16-36(17-5-1)55-58-56(37-18-6-2-7-19-37)60-57(59-55)45-26-14-25-44-47-35-39(31-33-52(47)63-54(44)45)38-30-32-50-46(34-38)42-23-11-13-28-49(42)62(50)51-29-15-24-43-41-22-10-12-27-48(41)61(53(43)51)40-20-8-3-9-21-40/h2*1-35H. The Morgan fingerprint density at radius 2 is 0.460 bits per heavy atom. The zero-order valence-electron chi connectivity index (χ0n) is 67.7. The summed E-state index contributed by atoms with van der Waals surface area (Å²) in [7, 11) is 0. The Kier molecular flexibility index (Phi) is 16.7. The molecule has 0 atom stereocenters. The van der Waals surface area contributed by atoms with Crippen molar-refractivity contribution in [2.45, 2.75) is 0 Å². The van der Waals surface area contributed by atoms with Crippen LogP contribution in [-0.4, -0.2) is 48.2 Å². The summed E-state index contributed by atoms with van der Waals surface area (Å²) in [4.78, 5) is 29.9. The number of aromatic nitrogens is 10. The molecular formula is C114H70N10O2. The van der Waals surface area contributed by atoms with E-state index in [1.807, 2.05) is 133 Å². The molecule has 126 heavy (non-hydrogen) atoms. The van der Waals surface area contributed by atoms with E-state index in [1.165, 1.54) is 70.7 Å². The minimum absolute atomic E-state index is 0.564. The van der Waals surface area contributed by atoms with Crippen LogP contribution in [0.15, 0.2) is 433 Å². The fraction of sp³-hybridized carbons (Fsp3) is 0. The largest absolute Gasteiger partial charge is 0.455 e. The zero-order valence-corrected chi connectivity index (χ0v) is 67.7. The molecule has 0 N–H and O–H groups in total. The highest BCUT2D eigenvalue weighted by molar-refractivity contribution is 6.18. The lowest BCUT2D eigenvalue weighted by molar-refractivity contribution is 0.669. The number of hydrogen-bond donors (Lipinski definition) is 0. The molecule has 26 aromatic rings. The molecule has 0 radical (unpaired) electrons. The van der Waals surface area contributed by atoms with E-state index >= 15 is 0 Å². The summed E-state index contributed by atoms with van der Waals surface area (Å²) in [5.41, 5.74) is 26.9. The van der Waals surface area contributed by atoms with Crippen LogP contribution in [0.4, 0.5) is 0 Å². The summed E-state index contributed by atoms with van der Waals surface area (Å²) < 4.78 is 23.0. The molecule has 0 aliphatic rings. The Balaban J connectivity index is 0.000000137. The predicted octanol–water partition coefficient (Wildman–Crippen LogP) is 29.3. The van der Waals surface area contributed by atoms with Crippen LogP contribution in [0.1, 0.15) is 0 Å². The zero-order chi connectivity index (χ0) is 82.9. The summed E-state index contributed by atoms with van der Waals surface area (Å²) in [6.45, 7) is 0. The van der Waals surface area contributed by atoms with Gasteiger partial charge in [-0.25, -0.2) is 29.9 Å². The molecule has 588 valence electrons. The van der Waals surface area contributed by atoms with Crippen molar-refractivity contribution < 1.29 is 8.83 Å². The van der Waals surface area contributed by atoms with Crippen molar-refractivity contribution in [2.24, 2.45) is 0 Å². The smallest absolute Gasteiger partial charge is 0.167 e. The molecule has 8 heterocycles.